The van der Waals surface area contributed by atoms with Crippen LogP contribution in [-0.4, -0.2) is 19.9 Å². The number of aromatic nitrogens is 4. The minimum Gasteiger partial charge on any atom is -0.261 e. The number of hydrogen-bond donors (Lipinski definition) is 0. The molecule has 0 aliphatic heterocycles. The summed E-state index contributed by atoms with van der Waals surface area (Å²) >= 11 is 0. The van der Waals surface area contributed by atoms with Crippen molar-refractivity contribution in [1.82, 2.24) is 19.9 Å². The molecule has 0 bridgehead atoms. The summed E-state index contributed by atoms with van der Waals surface area (Å²) in [5, 5.41) is 0. The summed E-state index contributed by atoms with van der Waals surface area (Å²) in [5.41, 5.74) is 2.50. The number of hydrogen-bond acceptors (Lipinski definition) is 4. The van der Waals surface area contributed by atoms with Crippen LogP contribution in [0.25, 0.3) is 11.4 Å². The maximum absolute atomic E-state index is 4.40. The lowest BCUT2D eigenvalue weighted by Gasteiger charge is -1.99. The molecule has 0 fully saturated rings. The summed E-state index contributed by atoms with van der Waals surface area (Å²) in [7, 11) is 0. The van der Waals surface area contributed by atoms with Crippen LogP contribution in [0, 0.1) is 0 Å². The molecule has 0 unspecified atom stereocenters. The van der Waals surface area contributed by atoms with Crippen molar-refractivity contribution < 1.29 is 0 Å². The van der Waals surface area contributed by atoms with E-state index in [0.29, 0.717) is 0 Å². The van der Waals surface area contributed by atoms with Crippen LogP contribution in [0.1, 0.15) is 12.6 Å². The zero-order chi connectivity index (χ0) is 9.80. The second-order valence-electron chi connectivity index (χ2n) is 2.84. The van der Waals surface area contributed by atoms with Crippen molar-refractivity contribution in [2.45, 2.75) is 13.3 Å². The van der Waals surface area contributed by atoms with Gasteiger partial charge in [-0.2, -0.15) is 0 Å². The molecule has 0 aromatic carbocycles. The Morgan fingerprint density at radius 3 is 2.57 bits per heavy atom. The first-order valence-electron chi connectivity index (χ1n) is 4.47. The molecule has 70 valence electrons. The van der Waals surface area contributed by atoms with Crippen molar-refractivity contribution in [2.75, 3.05) is 0 Å². The van der Waals surface area contributed by atoms with Gasteiger partial charge in [0.15, 0.2) is 0 Å². The van der Waals surface area contributed by atoms with E-state index in [1.807, 2.05) is 6.92 Å². The highest BCUT2D eigenvalue weighted by atomic mass is 14.8. The molecule has 0 saturated carbocycles. The summed E-state index contributed by atoms with van der Waals surface area (Å²) in [5.74, 6) is 0. The molecule has 2 aromatic rings. The van der Waals surface area contributed by atoms with Gasteiger partial charge in [-0.3, -0.25) is 15.0 Å². The molecule has 2 rings (SSSR count). The molecule has 2 aromatic heterocycles. The van der Waals surface area contributed by atoms with Crippen LogP contribution in [0.3, 0.4) is 0 Å². The third-order valence-electron chi connectivity index (χ3n) is 1.87. The smallest absolute Gasteiger partial charge is 0.109 e. The molecule has 0 saturated heterocycles. The second kappa shape index (κ2) is 3.91. The summed E-state index contributed by atoms with van der Waals surface area (Å²) in [4.78, 5) is 16.6. The van der Waals surface area contributed by atoms with Crippen LogP contribution in [0.2, 0.25) is 0 Å². The Kier molecular flexibility index (Phi) is 2.44. The average molecular weight is 186 g/mol. The minimum atomic E-state index is 0.760. The molecule has 0 amide bonds. The van der Waals surface area contributed by atoms with Gasteiger partial charge in [0, 0.05) is 18.6 Å². The van der Waals surface area contributed by atoms with Gasteiger partial charge in [0.05, 0.1) is 18.1 Å². The zero-order valence-electron chi connectivity index (χ0n) is 7.88. The number of rotatable bonds is 2. The lowest BCUT2D eigenvalue weighted by Crippen LogP contribution is -1.94. The van der Waals surface area contributed by atoms with E-state index < -0.39 is 0 Å². The Labute approximate surface area is 82.1 Å². The Morgan fingerprint density at radius 2 is 1.86 bits per heavy atom. The summed E-state index contributed by atoms with van der Waals surface area (Å²) in [6, 6.07) is 0. The quantitative estimate of drug-likeness (QED) is 0.713. The third-order valence-corrected chi connectivity index (χ3v) is 1.87. The van der Waals surface area contributed by atoms with Crippen LogP contribution >= 0.6 is 0 Å². The maximum atomic E-state index is 4.40. The van der Waals surface area contributed by atoms with Gasteiger partial charge in [-0.15, -0.1) is 0 Å². The Morgan fingerprint density at radius 1 is 1.00 bits per heavy atom. The van der Waals surface area contributed by atoms with Gasteiger partial charge in [0.2, 0.25) is 0 Å². The Balaban J connectivity index is 2.42. The number of nitrogens with zero attached hydrogens (tertiary/aromatic N) is 4. The van der Waals surface area contributed by atoms with E-state index in [0.717, 1.165) is 23.5 Å². The molecular weight excluding hydrogens is 176 g/mol. The predicted octanol–water partition coefficient (Wildman–Crippen LogP) is 1.50. The monoisotopic (exact) mass is 186 g/mol. The van der Waals surface area contributed by atoms with Gasteiger partial charge in [0.25, 0.3) is 0 Å². The topological polar surface area (TPSA) is 51.6 Å². The van der Waals surface area contributed by atoms with Crippen molar-refractivity contribution in [3.63, 3.8) is 0 Å². The molecule has 4 nitrogen and oxygen atoms in total. The summed E-state index contributed by atoms with van der Waals surface area (Å²) in [6.45, 7) is 2.05. The highest BCUT2D eigenvalue weighted by Crippen LogP contribution is 2.10. The van der Waals surface area contributed by atoms with Crippen LogP contribution in [0.5, 0.6) is 0 Å². The standard InChI is InChI=1S/C10H10N4/c1-2-8-5-12-7-10(14-8)9-6-11-3-4-13-9/h3-7H,2H2,1H3. The molecule has 0 N–H and O–H groups in total. The first-order valence-corrected chi connectivity index (χ1v) is 4.47. The molecule has 0 aliphatic rings. The maximum Gasteiger partial charge on any atom is 0.109 e. The van der Waals surface area contributed by atoms with Crippen molar-refractivity contribution in [2.24, 2.45) is 0 Å². The van der Waals surface area contributed by atoms with Crippen LogP contribution in [0.4, 0.5) is 0 Å². The fourth-order valence-corrected chi connectivity index (χ4v) is 1.13. The van der Waals surface area contributed by atoms with Gasteiger partial charge < -0.3 is 0 Å². The van der Waals surface area contributed by atoms with Gasteiger partial charge in [0.1, 0.15) is 11.4 Å². The lowest BCUT2D eigenvalue weighted by atomic mass is 10.3. The average Bonchev–Trinajstić information content (AvgIpc) is 2.30. The highest BCUT2D eigenvalue weighted by molar-refractivity contribution is 5.50. The number of aryl methyl sites for hydroxylation is 1. The Hall–Kier alpha value is -1.84. The van der Waals surface area contributed by atoms with E-state index in [4.69, 9.17) is 0 Å². The fraction of sp³-hybridized carbons (Fsp3) is 0.200. The largest absolute Gasteiger partial charge is 0.261 e. The predicted molar refractivity (Wildman–Crippen MR) is 52.4 cm³/mol. The van der Waals surface area contributed by atoms with Crippen LogP contribution in [-0.2, 0) is 6.42 Å². The van der Waals surface area contributed by atoms with Crippen LogP contribution in [0.15, 0.2) is 31.0 Å². The fourth-order valence-electron chi connectivity index (χ4n) is 1.13. The molecular formula is C10H10N4. The molecule has 4 heteroatoms. The van der Waals surface area contributed by atoms with E-state index in [-0.39, 0.29) is 0 Å². The van der Waals surface area contributed by atoms with Crippen molar-refractivity contribution in [1.29, 1.82) is 0 Å². The lowest BCUT2D eigenvalue weighted by molar-refractivity contribution is 0.997. The van der Waals surface area contributed by atoms with Gasteiger partial charge in [-0.1, -0.05) is 6.92 Å². The van der Waals surface area contributed by atoms with Crippen molar-refractivity contribution >= 4 is 0 Å². The molecule has 0 radical (unpaired) electrons. The normalized spacial score (nSPS) is 10.1. The van der Waals surface area contributed by atoms with Gasteiger partial charge in [-0.05, 0) is 6.42 Å². The van der Waals surface area contributed by atoms with Crippen molar-refractivity contribution in [3.05, 3.63) is 36.7 Å². The molecule has 0 aliphatic carbocycles. The minimum absolute atomic E-state index is 0.760. The first-order chi connectivity index (χ1) is 6.90. The van der Waals surface area contributed by atoms with Gasteiger partial charge in [-0.25, -0.2) is 4.98 Å². The molecule has 14 heavy (non-hydrogen) atoms. The van der Waals surface area contributed by atoms with E-state index in [1.54, 1.807) is 31.0 Å². The van der Waals surface area contributed by atoms with Crippen LogP contribution < -0.4 is 0 Å². The zero-order valence-corrected chi connectivity index (χ0v) is 7.88. The van der Waals surface area contributed by atoms with E-state index >= 15 is 0 Å². The SMILES string of the molecule is CCc1cncc(-c2cnccn2)n1. The van der Waals surface area contributed by atoms with E-state index in [1.165, 1.54) is 0 Å². The highest BCUT2D eigenvalue weighted by Gasteiger charge is 2.01. The molecule has 0 spiro atoms. The second-order valence-corrected chi connectivity index (χ2v) is 2.84. The van der Waals surface area contributed by atoms with Crippen molar-refractivity contribution in [3.8, 4) is 11.4 Å². The van der Waals surface area contributed by atoms with Gasteiger partial charge >= 0.3 is 0 Å². The molecule has 0 atom stereocenters. The first kappa shape index (κ1) is 8.74. The third kappa shape index (κ3) is 1.74. The van der Waals surface area contributed by atoms with E-state index in [9.17, 15) is 0 Å². The summed E-state index contributed by atoms with van der Waals surface area (Å²) < 4.78 is 0. The Bertz CT molecular complexity index is 413. The molecule has 2 heterocycles. The van der Waals surface area contributed by atoms with E-state index in [2.05, 4.69) is 19.9 Å². The summed E-state index contributed by atoms with van der Waals surface area (Å²) in [6.07, 6.45) is 9.31.